The van der Waals surface area contributed by atoms with Crippen molar-refractivity contribution < 1.29 is 14.3 Å². The molecular formula is C22H24N2O3. The molecule has 0 radical (unpaired) electrons. The lowest BCUT2D eigenvalue weighted by atomic mass is 10.1. The number of carbonyl (C=O) groups is 1. The van der Waals surface area contributed by atoms with Crippen LogP contribution in [-0.4, -0.2) is 50.2 Å². The summed E-state index contributed by atoms with van der Waals surface area (Å²) in [5.74, 6) is 1.57. The van der Waals surface area contributed by atoms with E-state index < -0.39 is 0 Å². The van der Waals surface area contributed by atoms with Crippen LogP contribution in [0.25, 0.3) is 6.08 Å². The molecule has 2 aromatic rings. The van der Waals surface area contributed by atoms with Gasteiger partial charge in [-0.25, -0.2) is 0 Å². The van der Waals surface area contributed by atoms with Crippen molar-refractivity contribution in [3.05, 3.63) is 60.2 Å². The highest BCUT2D eigenvalue weighted by atomic mass is 16.5. The zero-order chi connectivity index (χ0) is 18.5. The first-order valence-corrected chi connectivity index (χ1v) is 9.46. The van der Waals surface area contributed by atoms with Crippen LogP contribution in [0.2, 0.25) is 0 Å². The molecular weight excluding hydrogens is 340 g/mol. The lowest BCUT2D eigenvalue weighted by molar-refractivity contribution is -0.126. The molecule has 0 spiro atoms. The van der Waals surface area contributed by atoms with Crippen LogP contribution < -0.4 is 14.4 Å². The van der Waals surface area contributed by atoms with Gasteiger partial charge in [-0.05, 0) is 35.9 Å². The second-order valence-corrected chi connectivity index (χ2v) is 6.74. The first kappa shape index (κ1) is 17.5. The maximum atomic E-state index is 12.5. The van der Waals surface area contributed by atoms with Gasteiger partial charge in [0.25, 0.3) is 0 Å². The number of hydrogen-bond donors (Lipinski definition) is 0. The van der Waals surface area contributed by atoms with E-state index in [2.05, 4.69) is 17.0 Å². The predicted molar refractivity (Wildman–Crippen MR) is 106 cm³/mol. The van der Waals surface area contributed by atoms with Gasteiger partial charge in [-0.1, -0.05) is 24.3 Å². The van der Waals surface area contributed by atoms with Crippen molar-refractivity contribution in [2.24, 2.45) is 0 Å². The smallest absolute Gasteiger partial charge is 0.246 e. The minimum Gasteiger partial charge on any atom is -0.490 e. The van der Waals surface area contributed by atoms with E-state index in [1.54, 1.807) is 6.08 Å². The molecule has 1 saturated heterocycles. The van der Waals surface area contributed by atoms with Crippen LogP contribution in [0.3, 0.4) is 0 Å². The van der Waals surface area contributed by atoms with Crippen LogP contribution in [0.4, 0.5) is 5.69 Å². The van der Waals surface area contributed by atoms with E-state index in [4.69, 9.17) is 9.47 Å². The number of amides is 1. The lowest BCUT2D eigenvalue weighted by Crippen LogP contribution is -2.48. The fourth-order valence-electron chi connectivity index (χ4n) is 3.38. The first-order chi connectivity index (χ1) is 13.3. The minimum absolute atomic E-state index is 0.0508. The molecule has 0 aliphatic carbocycles. The summed E-state index contributed by atoms with van der Waals surface area (Å²) < 4.78 is 11.3. The molecule has 27 heavy (non-hydrogen) atoms. The Labute approximate surface area is 159 Å². The summed E-state index contributed by atoms with van der Waals surface area (Å²) in [6, 6.07) is 16.1. The second-order valence-electron chi connectivity index (χ2n) is 6.74. The van der Waals surface area contributed by atoms with Crippen molar-refractivity contribution in [2.45, 2.75) is 6.42 Å². The van der Waals surface area contributed by atoms with Gasteiger partial charge in [0, 0.05) is 44.4 Å². The summed E-state index contributed by atoms with van der Waals surface area (Å²) in [5, 5.41) is 0. The SMILES string of the molecule is O=C(/C=C/c1ccc2c(c1)OCCCO2)N1CCN(c2ccccc2)CC1. The summed E-state index contributed by atoms with van der Waals surface area (Å²) in [5.41, 5.74) is 2.16. The molecule has 2 heterocycles. The largest absolute Gasteiger partial charge is 0.490 e. The van der Waals surface area contributed by atoms with Gasteiger partial charge in [-0.15, -0.1) is 0 Å². The molecule has 2 aromatic carbocycles. The molecule has 1 amide bonds. The quantitative estimate of drug-likeness (QED) is 0.785. The van der Waals surface area contributed by atoms with Crippen LogP contribution >= 0.6 is 0 Å². The Bertz CT molecular complexity index is 812. The average molecular weight is 364 g/mol. The molecule has 4 rings (SSSR count). The number of hydrogen-bond acceptors (Lipinski definition) is 4. The normalized spacial score (nSPS) is 17.0. The van der Waals surface area contributed by atoms with Crippen LogP contribution in [0, 0.1) is 0 Å². The van der Waals surface area contributed by atoms with E-state index in [1.165, 1.54) is 5.69 Å². The highest BCUT2D eigenvalue weighted by molar-refractivity contribution is 5.92. The van der Waals surface area contributed by atoms with Crippen molar-refractivity contribution in [3.8, 4) is 11.5 Å². The van der Waals surface area contributed by atoms with Gasteiger partial charge in [-0.3, -0.25) is 4.79 Å². The third-order valence-corrected chi connectivity index (χ3v) is 4.90. The number of piperazine rings is 1. The Hall–Kier alpha value is -2.95. The van der Waals surface area contributed by atoms with Gasteiger partial charge in [0.15, 0.2) is 11.5 Å². The van der Waals surface area contributed by atoms with Crippen molar-refractivity contribution in [1.29, 1.82) is 0 Å². The summed E-state index contributed by atoms with van der Waals surface area (Å²) in [6.45, 7) is 4.51. The monoisotopic (exact) mass is 364 g/mol. The number of anilines is 1. The van der Waals surface area contributed by atoms with Crippen LogP contribution in [-0.2, 0) is 4.79 Å². The number of para-hydroxylation sites is 1. The second kappa shape index (κ2) is 8.16. The Balaban J connectivity index is 1.35. The van der Waals surface area contributed by atoms with Crippen molar-refractivity contribution in [2.75, 3.05) is 44.3 Å². The Morgan fingerprint density at radius 2 is 1.63 bits per heavy atom. The molecule has 1 fully saturated rings. The summed E-state index contributed by atoms with van der Waals surface area (Å²) >= 11 is 0. The highest BCUT2D eigenvalue weighted by Crippen LogP contribution is 2.30. The zero-order valence-electron chi connectivity index (χ0n) is 15.3. The fourth-order valence-corrected chi connectivity index (χ4v) is 3.38. The first-order valence-electron chi connectivity index (χ1n) is 9.46. The number of fused-ring (bicyclic) bond motifs is 1. The average Bonchev–Trinajstić information content (AvgIpc) is 2.98. The van der Waals surface area contributed by atoms with Crippen molar-refractivity contribution in [3.63, 3.8) is 0 Å². The topological polar surface area (TPSA) is 42.0 Å². The summed E-state index contributed by atoms with van der Waals surface area (Å²) in [6.07, 6.45) is 4.38. The molecule has 5 heteroatoms. The predicted octanol–water partition coefficient (Wildman–Crippen LogP) is 3.21. The van der Waals surface area contributed by atoms with Gasteiger partial charge in [0.1, 0.15) is 0 Å². The molecule has 0 saturated carbocycles. The van der Waals surface area contributed by atoms with Crippen molar-refractivity contribution in [1.82, 2.24) is 4.90 Å². The van der Waals surface area contributed by atoms with Gasteiger partial charge in [0.2, 0.25) is 5.91 Å². The van der Waals surface area contributed by atoms with Gasteiger partial charge >= 0.3 is 0 Å². The zero-order valence-corrected chi connectivity index (χ0v) is 15.3. The van der Waals surface area contributed by atoms with E-state index in [0.717, 1.165) is 49.7 Å². The molecule has 0 N–H and O–H groups in total. The van der Waals surface area contributed by atoms with Gasteiger partial charge in [0.05, 0.1) is 13.2 Å². The minimum atomic E-state index is 0.0508. The summed E-state index contributed by atoms with van der Waals surface area (Å²) in [4.78, 5) is 16.7. The molecule has 0 atom stereocenters. The maximum absolute atomic E-state index is 12.5. The van der Waals surface area contributed by atoms with Gasteiger partial charge < -0.3 is 19.3 Å². The lowest BCUT2D eigenvalue weighted by Gasteiger charge is -2.35. The van der Waals surface area contributed by atoms with Gasteiger partial charge in [-0.2, -0.15) is 0 Å². The molecule has 140 valence electrons. The molecule has 2 aliphatic heterocycles. The Kier molecular flexibility index (Phi) is 5.28. The highest BCUT2D eigenvalue weighted by Gasteiger charge is 2.19. The molecule has 0 bridgehead atoms. The molecule has 5 nitrogen and oxygen atoms in total. The summed E-state index contributed by atoms with van der Waals surface area (Å²) in [7, 11) is 0. The third kappa shape index (κ3) is 4.25. The third-order valence-electron chi connectivity index (χ3n) is 4.90. The van der Waals surface area contributed by atoms with E-state index in [0.29, 0.717) is 13.2 Å². The Morgan fingerprint density at radius 3 is 2.41 bits per heavy atom. The molecule has 0 aromatic heterocycles. The number of rotatable bonds is 3. The number of carbonyl (C=O) groups excluding carboxylic acids is 1. The molecule has 2 aliphatic rings. The van der Waals surface area contributed by atoms with E-state index in [9.17, 15) is 4.79 Å². The number of nitrogens with zero attached hydrogens (tertiary/aromatic N) is 2. The van der Waals surface area contributed by atoms with Crippen molar-refractivity contribution >= 4 is 17.7 Å². The maximum Gasteiger partial charge on any atom is 0.246 e. The van der Waals surface area contributed by atoms with E-state index in [-0.39, 0.29) is 5.91 Å². The standard InChI is InChI=1S/C22H24N2O3/c25-22(24-13-11-23(12-14-24)19-5-2-1-3-6-19)10-8-18-7-9-20-21(17-18)27-16-4-15-26-20/h1-3,5-10,17H,4,11-16H2/b10-8+. The van der Waals surface area contributed by atoms with E-state index in [1.807, 2.05) is 47.4 Å². The number of benzene rings is 2. The van der Waals surface area contributed by atoms with E-state index >= 15 is 0 Å². The molecule has 0 unspecified atom stereocenters. The number of ether oxygens (including phenoxy) is 2. The Morgan fingerprint density at radius 1 is 0.889 bits per heavy atom. The van der Waals surface area contributed by atoms with Crippen LogP contribution in [0.15, 0.2) is 54.6 Å². The van der Waals surface area contributed by atoms with Crippen LogP contribution in [0.5, 0.6) is 11.5 Å². The van der Waals surface area contributed by atoms with Crippen LogP contribution in [0.1, 0.15) is 12.0 Å². The fraction of sp³-hybridized carbons (Fsp3) is 0.318.